The molecule has 1 saturated heterocycles. The maximum atomic E-state index is 12.9. The third-order valence-electron chi connectivity index (χ3n) is 12.4. The predicted molar refractivity (Wildman–Crippen MR) is 131 cm³/mol. The van der Waals surface area contributed by atoms with Crippen LogP contribution in [-0.2, 0) is 19.1 Å². The first-order valence-electron chi connectivity index (χ1n) is 13.6. The molecule has 4 aliphatic carbocycles. The number of carbonyl (C=O) groups is 2. The van der Waals surface area contributed by atoms with Gasteiger partial charge in [0.15, 0.2) is 0 Å². The number of ether oxygens (including phenoxy) is 2. The molecule has 4 heteroatoms. The van der Waals surface area contributed by atoms with Gasteiger partial charge in [-0.25, -0.2) is 4.79 Å². The van der Waals surface area contributed by atoms with Crippen LogP contribution >= 0.6 is 0 Å². The molecule has 0 radical (unpaired) electrons. The van der Waals surface area contributed by atoms with E-state index >= 15 is 0 Å². The molecular formula is C30H42O4. The van der Waals surface area contributed by atoms with Crippen LogP contribution in [-0.4, -0.2) is 23.1 Å². The van der Waals surface area contributed by atoms with E-state index in [4.69, 9.17) is 9.47 Å². The van der Waals surface area contributed by atoms with Crippen molar-refractivity contribution >= 4 is 11.8 Å². The van der Waals surface area contributed by atoms with Crippen molar-refractivity contribution in [2.45, 2.75) is 118 Å². The largest absolute Gasteiger partial charge is 0.426 e. The van der Waals surface area contributed by atoms with Crippen molar-refractivity contribution in [3.05, 3.63) is 22.8 Å². The van der Waals surface area contributed by atoms with E-state index in [1.165, 1.54) is 0 Å². The molecule has 0 N–H and O–H groups in total. The van der Waals surface area contributed by atoms with Gasteiger partial charge in [0.05, 0.1) is 5.60 Å². The standard InChI is InChI=1S/C30H42O4/c1-18-16-29(33-24(18)32)17-19(2)30(34-29)15-14-27(6)21-8-9-22-25(3,4)23(31)11-12-26(22,5)20(21)10-13-28(27,30)7/h16,19,22H,8-15,17H2,1-7H3/t19-,22-,26-,27+,28+,29-,30+/m1/s1. The number of allylic oxidation sites excluding steroid dienone is 2. The zero-order valence-corrected chi connectivity index (χ0v) is 22.2. The summed E-state index contributed by atoms with van der Waals surface area (Å²) < 4.78 is 12.9. The van der Waals surface area contributed by atoms with Crippen molar-refractivity contribution in [1.29, 1.82) is 0 Å². The highest BCUT2D eigenvalue weighted by Gasteiger charge is 2.74. The Morgan fingerprint density at radius 2 is 1.65 bits per heavy atom. The Morgan fingerprint density at radius 1 is 0.912 bits per heavy atom. The molecule has 4 nitrogen and oxygen atoms in total. The molecular weight excluding hydrogens is 424 g/mol. The molecule has 186 valence electrons. The molecule has 0 amide bonds. The second kappa shape index (κ2) is 6.47. The summed E-state index contributed by atoms with van der Waals surface area (Å²) in [4.78, 5) is 25.2. The molecule has 3 fully saturated rings. The van der Waals surface area contributed by atoms with Crippen LogP contribution < -0.4 is 0 Å². The molecule has 6 rings (SSSR count). The molecule has 7 atom stereocenters. The smallest absolute Gasteiger partial charge is 0.336 e. The van der Waals surface area contributed by atoms with E-state index < -0.39 is 5.79 Å². The number of esters is 1. The zero-order valence-electron chi connectivity index (χ0n) is 22.2. The van der Waals surface area contributed by atoms with E-state index in [-0.39, 0.29) is 33.2 Å². The zero-order chi connectivity index (χ0) is 24.5. The van der Waals surface area contributed by atoms with Crippen molar-refractivity contribution < 1.29 is 19.1 Å². The summed E-state index contributed by atoms with van der Waals surface area (Å²) in [5, 5.41) is 0. The number of fused-ring (bicyclic) bond motifs is 5. The van der Waals surface area contributed by atoms with Gasteiger partial charge in [0.1, 0.15) is 5.78 Å². The number of rotatable bonds is 0. The SMILES string of the molecule is CC1=C[C@@]2(C[C@@H](C)[C@]3(CC[C@@]4(C)C5=C(CC[C@@]43C)[C@@]3(C)CCC(=O)C(C)(C)[C@H]3CC5)O2)OC1=O. The van der Waals surface area contributed by atoms with Crippen LogP contribution in [0, 0.1) is 33.5 Å². The molecule has 34 heavy (non-hydrogen) atoms. The molecule has 2 spiro atoms. The average Bonchev–Trinajstić information content (AvgIpc) is 3.28. The van der Waals surface area contributed by atoms with Gasteiger partial charge in [-0.2, -0.15) is 0 Å². The minimum Gasteiger partial charge on any atom is -0.426 e. The molecule has 0 aromatic rings. The first kappa shape index (κ1) is 23.0. The first-order chi connectivity index (χ1) is 15.7. The average molecular weight is 467 g/mol. The lowest BCUT2D eigenvalue weighted by Crippen LogP contribution is -2.57. The monoisotopic (exact) mass is 466 g/mol. The Balaban J connectivity index is 1.42. The summed E-state index contributed by atoms with van der Waals surface area (Å²) in [6, 6.07) is 0. The van der Waals surface area contributed by atoms with Gasteiger partial charge in [0, 0.05) is 29.2 Å². The molecule has 2 heterocycles. The maximum Gasteiger partial charge on any atom is 0.336 e. The third-order valence-corrected chi connectivity index (χ3v) is 12.4. The van der Waals surface area contributed by atoms with Crippen LogP contribution in [0.5, 0.6) is 0 Å². The normalized spacial score (nSPS) is 51.4. The van der Waals surface area contributed by atoms with Gasteiger partial charge in [-0.05, 0) is 80.6 Å². The van der Waals surface area contributed by atoms with Crippen LogP contribution in [0.2, 0.25) is 0 Å². The summed E-state index contributed by atoms with van der Waals surface area (Å²) >= 11 is 0. The Labute approximate surface area is 204 Å². The van der Waals surface area contributed by atoms with Crippen LogP contribution in [0.15, 0.2) is 22.8 Å². The highest BCUT2D eigenvalue weighted by atomic mass is 16.7. The first-order valence-corrected chi connectivity index (χ1v) is 13.6. The summed E-state index contributed by atoms with van der Waals surface area (Å²) in [5.74, 6) is 0.123. The molecule has 0 bridgehead atoms. The van der Waals surface area contributed by atoms with E-state index in [2.05, 4.69) is 41.5 Å². The van der Waals surface area contributed by atoms with Crippen molar-refractivity contribution in [2.75, 3.05) is 0 Å². The van der Waals surface area contributed by atoms with Crippen LogP contribution in [0.1, 0.15) is 106 Å². The Hall–Kier alpha value is -1.42. The third kappa shape index (κ3) is 2.40. The van der Waals surface area contributed by atoms with Crippen molar-refractivity contribution in [2.24, 2.45) is 33.5 Å². The van der Waals surface area contributed by atoms with Crippen LogP contribution in [0.3, 0.4) is 0 Å². The van der Waals surface area contributed by atoms with E-state index in [9.17, 15) is 9.59 Å². The lowest BCUT2D eigenvalue weighted by Gasteiger charge is -2.62. The molecule has 6 aliphatic rings. The number of Topliss-reactive ketones (excluding diaryl/α,β-unsaturated/α-hetero) is 1. The summed E-state index contributed by atoms with van der Waals surface area (Å²) in [7, 11) is 0. The minimum atomic E-state index is -0.874. The Morgan fingerprint density at radius 3 is 2.32 bits per heavy atom. The highest BCUT2D eigenvalue weighted by molar-refractivity contribution is 5.90. The molecule has 0 unspecified atom stereocenters. The molecule has 0 aromatic carbocycles. The minimum absolute atomic E-state index is 0.00168. The second-order valence-electron chi connectivity index (χ2n) is 13.9. The summed E-state index contributed by atoms with van der Waals surface area (Å²) in [6.07, 6.45) is 11.0. The Kier molecular flexibility index (Phi) is 4.38. The van der Waals surface area contributed by atoms with Crippen molar-refractivity contribution in [1.82, 2.24) is 0 Å². The van der Waals surface area contributed by atoms with Crippen molar-refractivity contribution in [3.63, 3.8) is 0 Å². The van der Waals surface area contributed by atoms with Gasteiger partial charge in [0.25, 0.3) is 0 Å². The van der Waals surface area contributed by atoms with Gasteiger partial charge in [-0.3, -0.25) is 4.79 Å². The van der Waals surface area contributed by atoms with E-state index in [0.717, 1.165) is 51.4 Å². The van der Waals surface area contributed by atoms with Gasteiger partial charge >= 0.3 is 5.97 Å². The van der Waals surface area contributed by atoms with Crippen LogP contribution in [0.4, 0.5) is 0 Å². The van der Waals surface area contributed by atoms with Gasteiger partial charge in [-0.1, -0.05) is 52.7 Å². The number of hydrogen-bond acceptors (Lipinski definition) is 4. The fourth-order valence-corrected chi connectivity index (χ4v) is 10.3. The van der Waals surface area contributed by atoms with Gasteiger partial charge in [0.2, 0.25) is 5.79 Å². The summed E-state index contributed by atoms with van der Waals surface area (Å²) in [6.45, 7) is 16.0. The molecule has 0 aromatic heterocycles. The Bertz CT molecular complexity index is 1070. The van der Waals surface area contributed by atoms with Gasteiger partial charge < -0.3 is 9.47 Å². The quantitative estimate of drug-likeness (QED) is 0.295. The lowest BCUT2D eigenvalue weighted by atomic mass is 9.43. The van der Waals surface area contributed by atoms with Crippen molar-refractivity contribution in [3.8, 4) is 0 Å². The topological polar surface area (TPSA) is 52.6 Å². The van der Waals surface area contributed by atoms with E-state index in [1.807, 2.05) is 13.0 Å². The predicted octanol–water partition coefficient (Wildman–Crippen LogP) is 6.68. The molecule has 2 saturated carbocycles. The lowest BCUT2D eigenvalue weighted by molar-refractivity contribution is -0.240. The number of carbonyl (C=O) groups excluding carboxylic acids is 2. The fourth-order valence-electron chi connectivity index (χ4n) is 10.3. The highest BCUT2D eigenvalue weighted by Crippen LogP contribution is 2.76. The van der Waals surface area contributed by atoms with Gasteiger partial charge in [-0.15, -0.1) is 0 Å². The van der Waals surface area contributed by atoms with Crippen LogP contribution in [0.25, 0.3) is 0 Å². The van der Waals surface area contributed by atoms with E-state index in [1.54, 1.807) is 11.1 Å². The second-order valence-corrected chi connectivity index (χ2v) is 13.9. The number of hydrogen-bond donors (Lipinski definition) is 0. The fraction of sp³-hybridized carbons (Fsp3) is 0.800. The van der Waals surface area contributed by atoms with E-state index in [0.29, 0.717) is 29.6 Å². The summed E-state index contributed by atoms with van der Waals surface area (Å²) in [5.41, 5.74) is 3.76. The molecule has 2 aliphatic heterocycles. The maximum absolute atomic E-state index is 12.9. The number of ketones is 1.